The van der Waals surface area contributed by atoms with E-state index < -0.39 is 10.0 Å². The van der Waals surface area contributed by atoms with E-state index in [1.165, 1.54) is 10.6 Å². The number of sulfonamides is 1. The van der Waals surface area contributed by atoms with Crippen molar-refractivity contribution in [3.05, 3.63) is 35.9 Å². The number of nitrogens with one attached hydrogen (secondary N) is 1. The SMILES string of the molecule is CC(C)CC(=O)NCCN(CCc1ccccc1)S(C)(=O)=O. The summed E-state index contributed by atoms with van der Waals surface area (Å²) in [6, 6.07) is 9.76. The highest BCUT2D eigenvalue weighted by molar-refractivity contribution is 7.88. The molecule has 1 aromatic carbocycles. The predicted molar refractivity (Wildman–Crippen MR) is 89.0 cm³/mol. The summed E-state index contributed by atoms with van der Waals surface area (Å²) in [6.07, 6.45) is 2.32. The maximum Gasteiger partial charge on any atom is 0.220 e. The van der Waals surface area contributed by atoms with Crippen LogP contribution >= 0.6 is 0 Å². The lowest BCUT2D eigenvalue weighted by atomic mass is 10.1. The summed E-state index contributed by atoms with van der Waals surface area (Å²) in [5, 5.41) is 2.77. The Morgan fingerprint density at radius 2 is 1.82 bits per heavy atom. The minimum absolute atomic E-state index is 0.0356. The number of benzene rings is 1. The molecule has 0 fully saturated rings. The van der Waals surface area contributed by atoms with Crippen molar-refractivity contribution in [2.45, 2.75) is 26.7 Å². The lowest BCUT2D eigenvalue weighted by Gasteiger charge is -2.20. The molecule has 0 spiro atoms. The molecule has 0 aromatic heterocycles. The Hall–Kier alpha value is -1.40. The molecular weight excluding hydrogens is 300 g/mol. The fourth-order valence-electron chi connectivity index (χ4n) is 2.10. The van der Waals surface area contributed by atoms with Gasteiger partial charge in [0.15, 0.2) is 0 Å². The largest absolute Gasteiger partial charge is 0.355 e. The first-order chi connectivity index (χ1) is 10.3. The smallest absolute Gasteiger partial charge is 0.220 e. The van der Waals surface area contributed by atoms with Crippen LogP contribution in [-0.2, 0) is 21.2 Å². The van der Waals surface area contributed by atoms with E-state index in [1.807, 2.05) is 44.2 Å². The molecule has 0 aliphatic rings. The van der Waals surface area contributed by atoms with Crippen molar-refractivity contribution in [1.82, 2.24) is 9.62 Å². The molecule has 0 unspecified atom stereocenters. The van der Waals surface area contributed by atoms with Crippen LogP contribution in [0.4, 0.5) is 0 Å². The highest BCUT2D eigenvalue weighted by Gasteiger charge is 2.16. The van der Waals surface area contributed by atoms with Crippen molar-refractivity contribution < 1.29 is 13.2 Å². The van der Waals surface area contributed by atoms with Crippen molar-refractivity contribution >= 4 is 15.9 Å². The van der Waals surface area contributed by atoms with Crippen LogP contribution in [0.1, 0.15) is 25.8 Å². The lowest BCUT2D eigenvalue weighted by Crippen LogP contribution is -2.39. The first-order valence-electron chi connectivity index (χ1n) is 7.55. The standard InChI is InChI=1S/C16H26N2O3S/c1-14(2)13-16(19)17-10-12-18(22(3,20)21)11-9-15-7-5-4-6-8-15/h4-8,14H,9-13H2,1-3H3,(H,17,19). The summed E-state index contributed by atoms with van der Waals surface area (Å²) in [5.74, 6) is 0.260. The van der Waals surface area contributed by atoms with Gasteiger partial charge in [0.25, 0.3) is 0 Å². The minimum atomic E-state index is -3.27. The predicted octanol–water partition coefficient (Wildman–Crippen LogP) is 1.65. The molecule has 0 aliphatic carbocycles. The van der Waals surface area contributed by atoms with E-state index in [4.69, 9.17) is 0 Å². The summed E-state index contributed by atoms with van der Waals surface area (Å²) in [4.78, 5) is 11.6. The number of hydrogen-bond acceptors (Lipinski definition) is 3. The molecule has 0 aliphatic heterocycles. The van der Waals surface area contributed by atoms with Gasteiger partial charge < -0.3 is 5.32 Å². The Bertz CT molecular complexity index is 556. The molecule has 0 heterocycles. The zero-order valence-electron chi connectivity index (χ0n) is 13.6. The third kappa shape index (κ3) is 7.56. The second-order valence-corrected chi connectivity index (χ2v) is 7.83. The monoisotopic (exact) mass is 326 g/mol. The topological polar surface area (TPSA) is 66.5 Å². The molecule has 1 aromatic rings. The molecule has 5 nitrogen and oxygen atoms in total. The molecule has 0 saturated heterocycles. The zero-order chi connectivity index (χ0) is 16.6. The highest BCUT2D eigenvalue weighted by atomic mass is 32.2. The molecule has 124 valence electrons. The number of nitrogens with zero attached hydrogens (tertiary/aromatic N) is 1. The normalized spacial score (nSPS) is 11.9. The van der Waals surface area contributed by atoms with Crippen LogP contribution in [0.25, 0.3) is 0 Å². The minimum Gasteiger partial charge on any atom is -0.355 e. The van der Waals surface area contributed by atoms with E-state index >= 15 is 0 Å². The molecule has 1 amide bonds. The first kappa shape index (κ1) is 18.6. The van der Waals surface area contributed by atoms with E-state index in [9.17, 15) is 13.2 Å². The Kier molecular flexibility index (Phi) is 7.55. The quantitative estimate of drug-likeness (QED) is 0.750. The lowest BCUT2D eigenvalue weighted by molar-refractivity contribution is -0.121. The maximum absolute atomic E-state index is 11.8. The second kappa shape index (κ2) is 8.90. The molecule has 6 heteroatoms. The van der Waals surface area contributed by atoms with Gasteiger partial charge in [-0.3, -0.25) is 4.79 Å². The zero-order valence-corrected chi connectivity index (χ0v) is 14.4. The van der Waals surface area contributed by atoms with E-state index in [0.717, 1.165) is 5.56 Å². The Balaban J connectivity index is 2.47. The van der Waals surface area contributed by atoms with Crippen LogP contribution in [0.2, 0.25) is 0 Å². The number of hydrogen-bond donors (Lipinski definition) is 1. The summed E-state index contributed by atoms with van der Waals surface area (Å²) in [5.41, 5.74) is 1.10. The summed E-state index contributed by atoms with van der Waals surface area (Å²) in [6.45, 7) is 5.01. The molecule has 1 rings (SSSR count). The number of amides is 1. The van der Waals surface area contributed by atoms with Gasteiger partial charge in [0.2, 0.25) is 15.9 Å². The summed E-state index contributed by atoms with van der Waals surface area (Å²) in [7, 11) is -3.27. The fraction of sp³-hybridized carbons (Fsp3) is 0.562. The van der Waals surface area contributed by atoms with Gasteiger partial charge in [0.05, 0.1) is 6.26 Å². The average Bonchev–Trinajstić information content (AvgIpc) is 2.41. The molecule has 0 radical (unpaired) electrons. The molecule has 0 bridgehead atoms. The Labute approximate surface area is 133 Å². The van der Waals surface area contributed by atoms with E-state index in [-0.39, 0.29) is 5.91 Å². The van der Waals surface area contributed by atoms with Crippen molar-refractivity contribution in [2.24, 2.45) is 5.92 Å². The summed E-state index contributed by atoms with van der Waals surface area (Å²) < 4.78 is 25.1. The van der Waals surface area contributed by atoms with Crippen LogP contribution in [0.15, 0.2) is 30.3 Å². The van der Waals surface area contributed by atoms with Crippen LogP contribution in [0, 0.1) is 5.92 Å². The Morgan fingerprint density at radius 1 is 1.18 bits per heavy atom. The van der Waals surface area contributed by atoms with E-state index in [1.54, 1.807) is 0 Å². The van der Waals surface area contributed by atoms with Crippen LogP contribution < -0.4 is 5.32 Å². The summed E-state index contributed by atoms with van der Waals surface area (Å²) >= 11 is 0. The van der Waals surface area contributed by atoms with Crippen molar-refractivity contribution in [1.29, 1.82) is 0 Å². The Morgan fingerprint density at radius 3 is 2.36 bits per heavy atom. The number of carbonyl (C=O) groups excluding carboxylic acids is 1. The number of carbonyl (C=O) groups is 1. The molecular formula is C16H26N2O3S. The van der Waals surface area contributed by atoms with Gasteiger partial charge in [-0.2, -0.15) is 0 Å². The van der Waals surface area contributed by atoms with Crippen LogP contribution in [-0.4, -0.2) is 44.5 Å². The molecule has 0 atom stereocenters. The third-order valence-electron chi connectivity index (χ3n) is 3.24. The van der Waals surface area contributed by atoms with Gasteiger partial charge in [0, 0.05) is 26.1 Å². The van der Waals surface area contributed by atoms with Crippen molar-refractivity contribution in [3.63, 3.8) is 0 Å². The van der Waals surface area contributed by atoms with Crippen molar-refractivity contribution in [3.8, 4) is 0 Å². The van der Waals surface area contributed by atoms with Gasteiger partial charge in [-0.25, -0.2) is 12.7 Å². The van der Waals surface area contributed by atoms with E-state index in [2.05, 4.69) is 5.32 Å². The first-order valence-corrected chi connectivity index (χ1v) is 9.39. The van der Waals surface area contributed by atoms with Gasteiger partial charge in [-0.15, -0.1) is 0 Å². The van der Waals surface area contributed by atoms with Crippen LogP contribution in [0.5, 0.6) is 0 Å². The van der Waals surface area contributed by atoms with Crippen LogP contribution in [0.3, 0.4) is 0 Å². The van der Waals surface area contributed by atoms with E-state index in [0.29, 0.717) is 38.4 Å². The van der Waals surface area contributed by atoms with Gasteiger partial charge in [0.1, 0.15) is 0 Å². The van der Waals surface area contributed by atoms with Gasteiger partial charge in [-0.1, -0.05) is 44.2 Å². The van der Waals surface area contributed by atoms with Crippen molar-refractivity contribution in [2.75, 3.05) is 25.9 Å². The third-order valence-corrected chi connectivity index (χ3v) is 4.54. The maximum atomic E-state index is 11.8. The molecule has 0 saturated carbocycles. The highest BCUT2D eigenvalue weighted by Crippen LogP contribution is 2.04. The molecule has 22 heavy (non-hydrogen) atoms. The second-order valence-electron chi connectivity index (χ2n) is 5.85. The average molecular weight is 326 g/mol. The van der Waals surface area contributed by atoms with Gasteiger partial charge in [-0.05, 0) is 17.9 Å². The fourth-order valence-corrected chi connectivity index (χ4v) is 2.95. The number of rotatable bonds is 9. The molecule has 1 N–H and O–H groups in total. The van der Waals surface area contributed by atoms with Gasteiger partial charge >= 0.3 is 0 Å².